The van der Waals surface area contributed by atoms with Crippen molar-refractivity contribution in [1.82, 2.24) is 14.5 Å². The van der Waals surface area contributed by atoms with Crippen LogP contribution in [0.3, 0.4) is 0 Å². The highest BCUT2D eigenvalue weighted by Crippen LogP contribution is 2.33. The van der Waals surface area contributed by atoms with E-state index in [1.807, 2.05) is 12.1 Å². The maximum absolute atomic E-state index is 13.2. The summed E-state index contributed by atoms with van der Waals surface area (Å²) in [6.45, 7) is 6.88. The molecule has 2 saturated carbocycles. The van der Waals surface area contributed by atoms with Crippen LogP contribution in [0.15, 0.2) is 29.2 Å². The van der Waals surface area contributed by atoms with Crippen LogP contribution in [-0.2, 0) is 14.8 Å². The molecule has 3 atom stereocenters. The monoisotopic (exact) mass is 475 g/mol. The second kappa shape index (κ2) is 10.9. The molecule has 0 bridgehead atoms. The second-order valence-corrected chi connectivity index (χ2v) is 12.5. The van der Waals surface area contributed by atoms with E-state index < -0.39 is 10.0 Å². The van der Waals surface area contributed by atoms with E-state index in [1.54, 1.807) is 16.4 Å². The summed E-state index contributed by atoms with van der Waals surface area (Å²) in [5.41, 5.74) is 1.27. The predicted octanol–water partition coefficient (Wildman–Crippen LogP) is 3.98. The van der Waals surface area contributed by atoms with Gasteiger partial charge in [0, 0.05) is 32.2 Å². The molecule has 33 heavy (non-hydrogen) atoms. The minimum Gasteiger partial charge on any atom is -0.352 e. The van der Waals surface area contributed by atoms with E-state index in [9.17, 15) is 13.2 Å². The molecule has 0 radical (unpaired) electrons. The third-order valence-corrected chi connectivity index (χ3v) is 10.3. The highest BCUT2D eigenvalue weighted by Gasteiger charge is 2.31. The maximum atomic E-state index is 13.2. The first-order valence-electron chi connectivity index (χ1n) is 13.0. The van der Waals surface area contributed by atoms with Gasteiger partial charge in [-0.1, -0.05) is 58.1 Å². The Morgan fingerprint density at radius 1 is 0.909 bits per heavy atom. The number of benzene rings is 1. The van der Waals surface area contributed by atoms with Gasteiger partial charge in [0.25, 0.3) is 0 Å². The molecule has 1 aromatic carbocycles. The van der Waals surface area contributed by atoms with Crippen LogP contribution in [0, 0.1) is 11.8 Å². The highest BCUT2D eigenvalue weighted by molar-refractivity contribution is 7.89. The van der Waals surface area contributed by atoms with Crippen LogP contribution < -0.4 is 5.32 Å². The van der Waals surface area contributed by atoms with E-state index in [4.69, 9.17) is 0 Å². The molecule has 1 heterocycles. The Morgan fingerprint density at radius 2 is 1.58 bits per heavy atom. The van der Waals surface area contributed by atoms with Crippen molar-refractivity contribution in [3.63, 3.8) is 0 Å². The summed E-state index contributed by atoms with van der Waals surface area (Å²) >= 11 is 0. The fourth-order valence-corrected chi connectivity index (χ4v) is 7.29. The van der Waals surface area contributed by atoms with Crippen molar-refractivity contribution in [3.05, 3.63) is 29.8 Å². The molecule has 184 valence electrons. The second-order valence-electron chi connectivity index (χ2n) is 10.5. The van der Waals surface area contributed by atoms with E-state index in [2.05, 4.69) is 24.1 Å². The molecular weight excluding hydrogens is 434 g/mol. The Bertz CT molecular complexity index is 888. The van der Waals surface area contributed by atoms with Crippen LogP contribution >= 0.6 is 0 Å². The highest BCUT2D eigenvalue weighted by atomic mass is 32.2. The van der Waals surface area contributed by atoms with Gasteiger partial charge >= 0.3 is 0 Å². The minimum absolute atomic E-state index is 0.0653. The van der Waals surface area contributed by atoms with Gasteiger partial charge < -0.3 is 5.32 Å². The molecule has 2 aliphatic carbocycles. The number of piperazine rings is 1. The minimum atomic E-state index is -3.49. The molecule has 6 nitrogen and oxygen atoms in total. The average molecular weight is 476 g/mol. The van der Waals surface area contributed by atoms with Gasteiger partial charge in [-0.05, 0) is 54.7 Å². The molecule has 0 unspecified atom stereocenters. The molecule has 1 amide bonds. The topological polar surface area (TPSA) is 69.7 Å². The quantitative estimate of drug-likeness (QED) is 0.676. The largest absolute Gasteiger partial charge is 0.352 e. The summed E-state index contributed by atoms with van der Waals surface area (Å²) in [7, 11) is -3.49. The summed E-state index contributed by atoms with van der Waals surface area (Å²) in [6, 6.07) is 7.85. The number of carbonyl (C=O) groups is 1. The molecule has 0 spiro atoms. The first-order valence-corrected chi connectivity index (χ1v) is 14.4. The standard InChI is InChI=1S/C26H41N3O3S/c1-20-7-6-10-25(21(20)2)27-26(30)19-28-15-17-29(18-16-28)33(31,32)24-13-11-23(12-14-24)22-8-4-3-5-9-22/h11-14,20-22,25H,3-10,15-19H2,1-2H3,(H,27,30)/t20-,21+,25-/m1/s1. The number of sulfonamides is 1. The van der Waals surface area contributed by atoms with E-state index in [1.165, 1.54) is 50.5 Å². The zero-order valence-electron chi connectivity index (χ0n) is 20.3. The lowest BCUT2D eigenvalue weighted by Gasteiger charge is -2.36. The van der Waals surface area contributed by atoms with Crippen molar-refractivity contribution < 1.29 is 13.2 Å². The van der Waals surface area contributed by atoms with E-state index in [0.717, 1.165) is 6.42 Å². The van der Waals surface area contributed by atoms with Gasteiger partial charge in [-0.25, -0.2) is 8.42 Å². The van der Waals surface area contributed by atoms with Crippen molar-refractivity contribution in [2.45, 2.75) is 82.1 Å². The Kier molecular flexibility index (Phi) is 8.13. The Balaban J connectivity index is 1.27. The van der Waals surface area contributed by atoms with Gasteiger partial charge in [0.15, 0.2) is 0 Å². The van der Waals surface area contributed by atoms with Gasteiger partial charge in [0.1, 0.15) is 0 Å². The number of carbonyl (C=O) groups excluding carboxylic acids is 1. The number of nitrogens with one attached hydrogen (secondary N) is 1. The van der Waals surface area contributed by atoms with E-state index in [-0.39, 0.29) is 11.9 Å². The zero-order valence-corrected chi connectivity index (χ0v) is 21.2. The van der Waals surface area contributed by atoms with Crippen molar-refractivity contribution in [3.8, 4) is 0 Å². The lowest BCUT2D eigenvalue weighted by Crippen LogP contribution is -2.52. The Hall–Kier alpha value is -1.44. The van der Waals surface area contributed by atoms with Crippen LogP contribution in [0.5, 0.6) is 0 Å². The molecule has 4 rings (SSSR count). The third-order valence-electron chi connectivity index (χ3n) is 8.35. The first kappa shape index (κ1) is 24.7. The maximum Gasteiger partial charge on any atom is 0.243 e. The Labute approximate surface area is 200 Å². The molecule has 1 saturated heterocycles. The van der Waals surface area contributed by atoms with E-state index >= 15 is 0 Å². The van der Waals surface area contributed by atoms with Crippen molar-refractivity contribution in [2.75, 3.05) is 32.7 Å². The molecule has 1 aromatic rings. The average Bonchev–Trinajstić information content (AvgIpc) is 2.83. The summed E-state index contributed by atoms with van der Waals surface area (Å²) in [5.74, 6) is 1.80. The molecule has 0 aromatic heterocycles. The molecule has 3 aliphatic rings. The van der Waals surface area contributed by atoms with Gasteiger partial charge in [-0.2, -0.15) is 4.31 Å². The van der Waals surface area contributed by atoms with Crippen LogP contribution in [0.4, 0.5) is 0 Å². The van der Waals surface area contributed by atoms with Gasteiger partial charge in [-0.15, -0.1) is 0 Å². The summed E-state index contributed by atoms with van der Waals surface area (Å²) in [4.78, 5) is 15.1. The molecule has 1 N–H and O–H groups in total. The predicted molar refractivity (Wildman–Crippen MR) is 132 cm³/mol. The fourth-order valence-electron chi connectivity index (χ4n) is 5.87. The summed E-state index contributed by atoms with van der Waals surface area (Å²) in [6.07, 6.45) is 9.75. The van der Waals surface area contributed by atoms with Gasteiger partial charge in [0.05, 0.1) is 11.4 Å². The fraction of sp³-hybridized carbons (Fsp3) is 0.731. The number of hydrogen-bond donors (Lipinski definition) is 1. The van der Waals surface area contributed by atoms with Crippen LogP contribution in [0.25, 0.3) is 0 Å². The molecular formula is C26H41N3O3S. The van der Waals surface area contributed by atoms with Crippen molar-refractivity contribution in [1.29, 1.82) is 0 Å². The van der Waals surface area contributed by atoms with Gasteiger partial charge in [-0.3, -0.25) is 9.69 Å². The smallest absolute Gasteiger partial charge is 0.243 e. The first-order chi connectivity index (χ1) is 15.8. The third kappa shape index (κ3) is 5.98. The van der Waals surface area contributed by atoms with Crippen molar-refractivity contribution >= 4 is 15.9 Å². The zero-order chi connectivity index (χ0) is 23.4. The van der Waals surface area contributed by atoms with Crippen LogP contribution in [0.2, 0.25) is 0 Å². The molecule has 7 heteroatoms. The number of rotatable bonds is 6. The van der Waals surface area contributed by atoms with E-state index in [0.29, 0.717) is 55.4 Å². The number of amides is 1. The van der Waals surface area contributed by atoms with Crippen LogP contribution in [-0.4, -0.2) is 62.3 Å². The normalized spacial score (nSPS) is 28.5. The van der Waals surface area contributed by atoms with Gasteiger partial charge in [0.2, 0.25) is 15.9 Å². The number of hydrogen-bond acceptors (Lipinski definition) is 4. The summed E-state index contributed by atoms with van der Waals surface area (Å²) < 4.78 is 27.9. The lowest BCUT2D eigenvalue weighted by atomic mass is 9.78. The summed E-state index contributed by atoms with van der Waals surface area (Å²) in [5, 5.41) is 3.23. The Morgan fingerprint density at radius 3 is 2.24 bits per heavy atom. The lowest BCUT2D eigenvalue weighted by molar-refractivity contribution is -0.124. The number of nitrogens with zero attached hydrogens (tertiary/aromatic N) is 2. The molecule has 3 fully saturated rings. The SMILES string of the molecule is C[C@H]1[C@H](C)CCC[C@H]1NC(=O)CN1CCN(S(=O)(=O)c2ccc(C3CCCCC3)cc2)CC1. The van der Waals surface area contributed by atoms with Crippen molar-refractivity contribution in [2.24, 2.45) is 11.8 Å². The molecule has 1 aliphatic heterocycles. The van der Waals surface area contributed by atoms with Crippen LogP contribution in [0.1, 0.15) is 76.7 Å².